The van der Waals surface area contributed by atoms with Crippen molar-refractivity contribution in [1.82, 2.24) is 4.98 Å². The van der Waals surface area contributed by atoms with E-state index in [0.717, 1.165) is 25.7 Å². The molecule has 0 aliphatic rings. The highest BCUT2D eigenvalue weighted by Gasteiger charge is 2.27. The van der Waals surface area contributed by atoms with Gasteiger partial charge in [0, 0.05) is 0 Å². The highest BCUT2D eigenvalue weighted by Crippen LogP contribution is 2.25. The van der Waals surface area contributed by atoms with Gasteiger partial charge in [-0.1, -0.05) is 30.3 Å². The third-order valence-corrected chi connectivity index (χ3v) is 5.64. The molecule has 0 atom stereocenters. The van der Waals surface area contributed by atoms with E-state index in [4.69, 9.17) is 14.2 Å². The predicted molar refractivity (Wildman–Crippen MR) is 122 cm³/mol. The molecule has 0 saturated heterocycles. The molecular formula is C24H20N2O5S. The molecule has 0 fully saturated rings. The van der Waals surface area contributed by atoms with Gasteiger partial charge >= 0.3 is 12.2 Å². The van der Waals surface area contributed by atoms with Crippen LogP contribution in [-0.2, 0) is 11.3 Å². The van der Waals surface area contributed by atoms with Crippen LogP contribution in [0, 0.1) is 6.92 Å². The van der Waals surface area contributed by atoms with Gasteiger partial charge in [0.05, 0.1) is 23.0 Å². The number of carbonyl (C=O) groups excluding carboxylic acids is 2. The molecule has 0 bridgehead atoms. The SMILES string of the molecule is COC(=O)N(C(=O)Oc1ccc(OCc2nc3ccccc3s2)cc1)c1ccccc1C. The average Bonchev–Trinajstić information content (AvgIpc) is 3.23. The number of benzene rings is 3. The summed E-state index contributed by atoms with van der Waals surface area (Å²) < 4.78 is 17.0. The Labute approximate surface area is 188 Å². The summed E-state index contributed by atoms with van der Waals surface area (Å²) in [5.74, 6) is 0.873. The Balaban J connectivity index is 1.42. The third-order valence-electron chi connectivity index (χ3n) is 4.63. The number of carbonyl (C=O) groups is 2. The number of fused-ring (bicyclic) bond motifs is 1. The molecule has 8 heteroatoms. The minimum Gasteiger partial charge on any atom is -0.486 e. The van der Waals surface area contributed by atoms with Crippen LogP contribution in [0.2, 0.25) is 0 Å². The molecule has 7 nitrogen and oxygen atoms in total. The minimum absolute atomic E-state index is 0.268. The molecule has 0 N–H and O–H groups in total. The highest BCUT2D eigenvalue weighted by atomic mass is 32.1. The van der Waals surface area contributed by atoms with E-state index in [1.165, 1.54) is 7.11 Å². The topological polar surface area (TPSA) is 78.0 Å². The lowest BCUT2D eigenvalue weighted by Gasteiger charge is -2.20. The van der Waals surface area contributed by atoms with Gasteiger partial charge < -0.3 is 14.2 Å². The highest BCUT2D eigenvalue weighted by molar-refractivity contribution is 7.18. The van der Waals surface area contributed by atoms with Crippen LogP contribution < -0.4 is 14.4 Å². The lowest BCUT2D eigenvalue weighted by Crippen LogP contribution is -2.39. The molecule has 0 aliphatic carbocycles. The predicted octanol–water partition coefficient (Wildman–Crippen LogP) is 5.96. The Bertz CT molecular complexity index is 1220. The van der Waals surface area contributed by atoms with E-state index in [2.05, 4.69) is 4.98 Å². The molecule has 32 heavy (non-hydrogen) atoms. The van der Waals surface area contributed by atoms with E-state index < -0.39 is 12.2 Å². The largest absolute Gasteiger partial charge is 0.486 e. The van der Waals surface area contributed by atoms with Gasteiger partial charge in [0.25, 0.3) is 0 Å². The Morgan fingerprint density at radius 2 is 1.59 bits per heavy atom. The van der Waals surface area contributed by atoms with Gasteiger partial charge in [0.15, 0.2) is 0 Å². The standard InChI is InChI=1S/C24H20N2O5S/c1-16-7-3-5-9-20(16)26(23(27)29-2)24(28)31-18-13-11-17(12-14-18)30-15-22-25-19-8-4-6-10-21(19)32-22/h3-14H,15H2,1-2H3. The zero-order valence-electron chi connectivity index (χ0n) is 17.5. The molecule has 0 aliphatic heterocycles. The van der Waals surface area contributed by atoms with E-state index in [1.807, 2.05) is 30.3 Å². The Hall–Kier alpha value is -3.91. The van der Waals surface area contributed by atoms with Crippen molar-refractivity contribution in [2.75, 3.05) is 12.0 Å². The molecule has 2 amide bonds. The van der Waals surface area contributed by atoms with E-state index >= 15 is 0 Å². The summed E-state index contributed by atoms with van der Waals surface area (Å²) in [6, 6.07) is 21.5. The molecule has 162 valence electrons. The first-order chi connectivity index (χ1) is 15.5. The fourth-order valence-corrected chi connectivity index (χ4v) is 3.93. The van der Waals surface area contributed by atoms with Gasteiger partial charge in [-0.05, 0) is 55.0 Å². The van der Waals surface area contributed by atoms with Crippen molar-refractivity contribution < 1.29 is 23.8 Å². The van der Waals surface area contributed by atoms with Gasteiger partial charge in [0.1, 0.15) is 23.1 Å². The maximum atomic E-state index is 12.7. The fraction of sp³-hybridized carbons (Fsp3) is 0.125. The number of thiazole rings is 1. The van der Waals surface area contributed by atoms with Crippen molar-refractivity contribution in [3.05, 3.63) is 83.4 Å². The molecule has 4 rings (SSSR count). The second kappa shape index (κ2) is 9.49. The lowest BCUT2D eigenvalue weighted by molar-refractivity contribution is 0.171. The zero-order valence-corrected chi connectivity index (χ0v) is 18.3. The number of hydrogen-bond acceptors (Lipinski definition) is 7. The first-order valence-electron chi connectivity index (χ1n) is 9.78. The Morgan fingerprint density at radius 1 is 0.906 bits per heavy atom. The lowest BCUT2D eigenvalue weighted by atomic mass is 10.2. The molecule has 0 radical (unpaired) electrons. The van der Waals surface area contributed by atoms with Crippen LogP contribution in [-0.4, -0.2) is 24.3 Å². The molecular weight excluding hydrogens is 428 g/mol. The molecule has 0 saturated carbocycles. The van der Waals surface area contributed by atoms with Gasteiger partial charge in [-0.25, -0.2) is 14.6 Å². The van der Waals surface area contributed by atoms with Crippen molar-refractivity contribution >= 4 is 39.4 Å². The Kier molecular flexibility index (Phi) is 6.32. The Morgan fingerprint density at radius 3 is 2.31 bits per heavy atom. The number of aromatic nitrogens is 1. The zero-order chi connectivity index (χ0) is 22.5. The van der Waals surface area contributed by atoms with Crippen LogP contribution in [0.25, 0.3) is 10.2 Å². The van der Waals surface area contributed by atoms with Gasteiger partial charge in [-0.15, -0.1) is 11.3 Å². The number of methoxy groups -OCH3 is 1. The monoisotopic (exact) mass is 448 g/mol. The van der Waals surface area contributed by atoms with E-state index in [-0.39, 0.29) is 5.75 Å². The number of hydrogen-bond donors (Lipinski definition) is 0. The van der Waals surface area contributed by atoms with Crippen molar-refractivity contribution in [2.24, 2.45) is 0 Å². The second-order valence-corrected chi connectivity index (χ2v) is 7.91. The number of para-hydroxylation sites is 2. The summed E-state index contributed by atoms with van der Waals surface area (Å²) in [5.41, 5.74) is 2.07. The fourth-order valence-electron chi connectivity index (χ4n) is 3.05. The molecule has 0 unspecified atom stereocenters. The number of rotatable bonds is 5. The average molecular weight is 449 g/mol. The van der Waals surface area contributed by atoms with Crippen molar-refractivity contribution in [3.63, 3.8) is 0 Å². The van der Waals surface area contributed by atoms with E-state index in [0.29, 0.717) is 18.0 Å². The smallest absolute Gasteiger partial charge is 0.429 e. The molecule has 3 aromatic carbocycles. The summed E-state index contributed by atoms with van der Waals surface area (Å²) in [4.78, 5) is 30.3. The van der Waals surface area contributed by atoms with E-state index in [9.17, 15) is 9.59 Å². The van der Waals surface area contributed by atoms with Crippen LogP contribution in [0.4, 0.5) is 15.3 Å². The molecule has 1 heterocycles. The second-order valence-electron chi connectivity index (χ2n) is 6.80. The van der Waals surface area contributed by atoms with Gasteiger partial charge in [-0.3, -0.25) is 0 Å². The molecule has 1 aromatic heterocycles. The summed E-state index contributed by atoms with van der Waals surface area (Å²) >= 11 is 1.58. The summed E-state index contributed by atoms with van der Waals surface area (Å²) in [7, 11) is 1.21. The maximum Gasteiger partial charge on any atom is 0.429 e. The minimum atomic E-state index is -0.866. The summed E-state index contributed by atoms with van der Waals surface area (Å²) in [5, 5.41) is 0.869. The summed E-state index contributed by atoms with van der Waals surface area (Å²) in [6.45, 7) is 2.12. The number of imide groups is 1. The van der Waals surface area contributed by atoms with Crippen LogP contribution in [0.3, 0.4) is 0 Å². The number of anilines is 1. The van der Waals surface area contributed by atoms with Crippen LogP contribution in [0.5, 0.6) is 11.5 Å². The number of nitrogens with zero attached hydrogens (tertiary/aromatic N) is 2. The van der Waals surface area contributed by atoms with Crippen LogP contribution in [0.15, 0.2) is 72.8 Å². The first-order valence-corrected chi connectivity index (χ1v) is 10.6. The number of ether oxygens (including phenoxy) is 3. The van der Waals surface area contributed by atoms with Gasteiger partial charge in [0.2, 0.25) is 0 Å². The van der Waals surface area contributed by atoms with Crippen molar-refractivity contribution in [2.45, 2.75) is 13.5 Å². The van der Waals surface area contributed by atoms with Gasteiger partial charge in [-0.2, -0.15) is 4.90 Å². The third kappa shape index (κ3) is 4.70. The molecule has 4 aromatic rings. The quantitative estimate of drug-likeness (QED) is 0.375. The normalized spacial score (nSPS) is 10.6. The van der Waals surface area contributed by atoms with Crippen LogP contribution >= 0.6 is 11.3 Å². The van der Waals surface area contributed by atoms with Crippen LogP contribution in [0.1, 0.15) is 10.6 Å². The number of aryl methyl sites for hydroxylation is 1. The number of amides is 2. The van der Waals surface area contributed by atoms with E-state index in [1.54, 1.807) is 60.7 Å². The van der Waals surface area contributed by atoms with Crippen molar-refractivity contribution in [3.8, 4) is 11.5 Å². The first kappa shape index (κ1) is 21.3. The molecule has 0 spiro atoms. The summed E-state index contributed by atoms with van der Waals surface area (Å²) in [6.07, 6.45) is -1.70. The van der Waals surface area contributed by atoms with Crippen molar-refractivity contribution in [1.29, 1.82) is 0 Å². The maximum absolute atomic E-state index is 12.7.